The third kappa shape index (κ3) is 3.16. The molecule has 5 rings (SSSR count). The number of para-hydroxylation sites is 1. The fourth-order valence-corrected chi connectivity index (χ4v) is 3.88. The highest BCUT2D eigenvalue weighted by Gasteiger charge is 2.15. The van der Waals surface area contributed by atoms with Crippen molar-refractivity contribution in [2.45, 2.75) is 13.5 Å². The summed E-state index contributed by atoms with van der Waals surface area (Å²) in [4.78, 5) is 25.9. The van der Waals surface area contributed by atoms with Crippen LogP contribution in [0.3, 0.4) is 0 Å². The lowest BCUT2D eigenvalue weighted by Crippen LogP contribution is -2.22. The van der Waals surface area contributed by atoms with Gasteiger partial charge in [0.25, 0.3) is 0 Å². The van der Waals surface area contributed by atoms with Crippen molar-refractivity contribution in [1.82, 2.24) is 4.57 Å². The maximum Gasteiger partial charge on any atom is 0.244 e. The van der Waals surface area contributed by atoms with E-state index in [9.17, 15) is 9.59 Å². The van der Waals surface area contributed by atoms with Crippen molar-refractivity contribution in [2.75, 3.05) is 18.5 Å². The number of hydrogen-bond donors (Lipinski definition) is 1. The van der Waals surface area contributed by atoms with Crippen molar-refractivity contribution in [3.8, 4) is 11.5 Å². The van der Waals surface area contributed by atoms with Crippen molar-refractivity contribution in [3.05, 3.63) is 76.5 Å². The summed E-state index contributed by atoms with van der Waals surface area (Å²) in [5.74, 6) is 1.10. The fourth-order valence-electron chi connectivity index (χ4n) is 3.88. The van der Waals surface area contributed by atoms with Crippen LogP contribution < -0.4 is 20.2 Å². The van der Waals surface area contributed by atoms with E-state index < -0.39 is 0 Å². The lowest BCUT2D eigenvalue weighted by Gasteiger charge is -2.19. The van der Waals surface area contributed by atoms with Crippen molar-refractivity contribution in [3.63, 3.8) is 0 Å². The largest absolute Gasteiger partial charge is 0.486 e. The van der Waals surface area contributed by atoms with E-state index in [1.54, 1.807) is 24.3 Å². The van der Waals surface area contributed by atoms with Gasteiger partial charge in [0.2, 0.25) is 5.91 Å². The van der Waals surface area contributed by atoms with Gasteiger partial charge in [0.05, 0.1) is 11.0 Å². The number of anilines is 1. The van der Waals surface area contributed by atoms with Crippen LogP contribution >= 0.6 is 0 Å². The van der Waals surface area contributed by atoms with Crippen LogP contribution in [0.25, 0.3) is 21.8 Å². The highest BCUT2D eigenvalue weighted by Crippen LogP contribution is 2.32. The molecule has 30 heavy (non-hydrogen) atoms. The number of carbonyl (C=O) groups is 1. The second-order valence-corrected chi connectivity index (χ2v) is 7.36. The molecule has 1 aliphatic heterocycles. The molecule has 4 aromatic rings. The number of nitrogens with one attached hydrogen (secondary N) is 1. The number of fused-ring (bicyclic) bond motifs is 3. The van der Waals surface area contributed by atoms with E-state index in [-0.39, 0.29) is 17.9 Å². The van der Waals surface area contributed by atoms with E-state index in [1.165, 1.54) is 0 Å². The van der Waals surface area contributed by atoms with Crippen LogP contribution in [-0.2, 0) is 11.3 Å². The van der Waals surface area contributed by atoms with E-state index >= 15 is 0 Å². The van der Waals surface area contributed by atoms with Gasteiger partial charge in [-0.05, 0) is 43.3 Å². The van der Waals surface area contributed by atoms with E-state index in [0.717, 1.165) is 16.6 Å². The first kappa shape index (κ1) is 18.2. The molecule has 0 bridgehead atoms. The van der Waals surface area contributed by atoms with Gasteiger partial charge in [0, 0.05) is 22.5 Å². The number of carbonyl (C=O) groups excluding carboxylic acids is 1. The minimum Gasteiger partial charge on any atom is -0.486 e. The standard InChI is InChI=1S/C24H20N2O4/c1-15-6-8-20-18(12-15)24(28)17-4-2-3-5-19(17)26(20)14-23(27)25-16-7-9-21-22(13-16)30-11-10-29-21/h2-9,12-13H,10-11,14H2,1H3,(H,25,27). The number of ether oxygens (including phenoxy) is 2. The Hall–Kier alpha value is -3.80. The van der Waals surface area contributed by atoms with Crippen LogP contribution in [0.15, 0.2) is 65.5 Å². The normalized spacial score (nSPS) is 12.8. The van der Waals surface area contributed by atoms with Gasteiger partial charge in [-0.25, -0.2) is 0 Å². The summed E-state index contributed by atoms with van der Waals surface area (Å²) < 4.78 is 13.0. The topological polar surface area (TPSA) is 69.6 Å². The molecule has 6 heteroatoms. The molecule has 0 aliphatic carbocycles. The molecule has 1 aromatic heterocycles. The summed E-state index contributed by atoms with van der Waals surface area (Å²) in [6.45, 7) is 3.03. The Balaban J connectivity index is 1.53. The Bertz CT molecular complexity index is 1360. The zero-order chi connectivity index (χ0) is 20.7. The average molecular weight is 400 g/mol. The zero-order valence-electron chi connectivity index (χ0n) is 16.5. The van der Waals surface area contributed by atoms with Gasteiger partial charge < -0.3 is 19.4 Å². The molecule has 0 unspecified atom stereocenters. The lowest BCUT2D eigenvalue weighted by atomic mass is 10.1. The van der Waals surface area contributed by atoms with E-state index in [1.807, 2.05) is 47.9 Å². The van der Waals surface area contributed by atoms with Gasteiger partial charge in [-0.15, -0.1) is 0 Å². The maximum absolute atomic E-state index is 13.0. The molecule has 0 saturated carbocycles. The summed E-state index contributed by atoms with van der Waals surface area (Å²) in [5.41, 5.74) is 3.09. The van der Waals surface area contributed by atoms with Crippen molar-refractivity contribution >= 4 is 33.4 Å². The van der Waals surface area contributed by atoms with E-state index in [2.05, 4.69) is 5.32 Å². The molecule has 1 aliphatic rings. The Morgan fingerprint density at radius 3 is 2.57 bits per heavy atom. The molecular weight excluding hydrogens is 380 g/mol. The summed E-state index contributed by atoms with van der Waals surface area (Å²) in [7, 11) is 0. The predicted molar refractivity (Wildman–Crippen MR) is 117 cm³/mol. The fraction of sp³-hybridized carbons (Fsp3) is 0.167. The Labute approximate surface area is 172 Å². The monoisotopic (exact) mass is 400 g/mol. The van der Waals surface area contributed by atoms with Gasteiger partial charge in [0.15, 0.2) is 16.9 Å². The average Bonchev–Trinajstić information content (AvgIpc) is 2.76. The first-order chi connectivity index (χ1) is 14.6. The molecule has 0 saturated heterocycles. The van der Waals surface area contributed by atoms with Crippen LogP contribution in [-0.4, -0.2) is 23.7 Å². The SMILES string of the molecule is Cc1ccc2c(c1)c(=O)c1ccccc1n2CC(=O)Nc1ccc2c(c1)OCCO2. The second kappa shape index (κ2) is 7.22. The van der Waals surface area contributed by atoms with Gasteiger partial charge in [0.1, 0.15) is 19.8 Å². The third-order valence-corrected chi connectivity index (χ3v) is 5.25. The van der Waals surface area contributed by atoms with Crippen molar-refractivity contribution in [2.24, 2.45) is 0 Å². The van der Waals surface area contributed by atoms with Crippen LogP contribution in [0.1, 0.15) is 5.56 Å². The molecule has 3 aromatic carbocycles. The molecule has 0 spiro atoms. The maximum atomic E-state index is 13.0. The molecule has 1 N–H and O–H groups in total. The van der Waals surface area contributed by atoms with Gasteiger partial charge in [-0.2, -0.15) is 0 Å². The lowest BCUT2D eigenvalue weighted by molar-refractivity contribution is -0.116. The number of rotatable bonds is 3. The molecule has 150 valence electrons. The molecule has 2 heterocycles. The summed E-state index contributed by atoms with van der Waals surface area (Å²) in [6, 6.07) is 18.4. The van der Waals surface area contributed by atoms with Gasteiger partial charge in [-0.3, -0.25) is 9.59 Å². The van der Waals surface area contributed by atoms with Gasteiger partial charge in [-0.1, -0.05) is 23.8 Å². The molecule has 6 nitrogen and oxygen atoms in total. The molecule has 0 fully saturated rings. The van der Waals surface area contributed by atoms with E-state index in [4.69, 9.17) is 9.47 Å². The molecule has 0 atom stereocenters. The first-order valence-corrected chi connectivity index (χ1v) is 9.81. The summed E-state index contributed by atoms with van der Waals surface area (Å²) in [6.07, 6.45) is 0. The number of aromatic nitrogens is 1. The smallest absolute Gasteiger partial charge is 0.244 e. The van der Waals surface area contributed by atoms with Gasteiger partial charge >= 0.3 is 0 Å². The Kier molecular flexibility index (Phi) is 4.39. The molecule has 0 radical (unpaired) electrons. The highest BCUT2D eigenvalue weighted by molar-refractivity contribution is 5.97. The number of aryl methyl sites for hydroxylation is 1. The minimum atomic E-state index is -0.192. The second-order valence-electron chi connectivity index (χ2n) is 7.36. The third-order valence-electron chi connectivity index (χ3n) is 5.25. The van der Waals surface area contributed by atoms with Crippen LogP contribution in [0.5, 0.6) is 11.5 Å². The van der Waals surface area contributed by atoms with E-state index in [0.29, 0.717) is 41.2 Å². The predicted octanol–water partition coefficient (Wildman–Crippen LogP) is 3.87. The Morgan fingerprint density at radius 1 is 0.933 bits per heavy atom. The number of amides is 1. The summed E-state index contributed by atoms with van der Waals surface area (Å²) in [5, 5.41) is 4.13. The summed E-state index contributed by atoms with van der Waals surface area (Å²) >= 11 is 0. The molecular formula is C24H20N2O4. The Morgan fingerprint density at radius 2 is 1.70 bits per heavy atom. The number of hydrogen-bond acceptors (Lipinski definition) is 4. The van der Waals surface area contributed by atoms with Crippen molar-refractivity contribution in [1.29, 1.82) is 0 Å². The van der Waals surface area contributed by atoms with Crippen LogP contribution in [0.4, 0.5) is 5.69 Å². The minimum absolute atomic E-state index is 0.0206. The first-order valence-electron chi connectivity index (χ1n) is 9.81. The number of benzene rings is 3. The van der Waals surface area contributed by atoms with Crippen LogP contribution in [0, 0.1) is 6.92 Å². The molecule has 1 amide bonds. The number of nitrogens with zero attached hydrogens (tertiary/aromatic N) is 1. The van der Waals surface area contributed by atoms with Crippen molar-refractivity contribution < 1.29 is 14.3 Å². The zero-order valence-corrected chi connectivity index (χ0v) is 16.5. The quantitative estimate of drug-likeness (QED) is 0.530. The number of pyridine rings is 1. The van der Waals surface area contributed by atoms with Crippen LogP contribution in [0.2, 0.25) is 0 Å². The highest BCUT2D eigenvalue weighted by atomic mass is 16.6.